The van der Waals surface area contributed by atoms with Gasteiger partial charge in [0, 0.05) is 18.2 Å². The molecule has 0 amide bonds. The maximum absolute atomic E-state index is 12.2. The number of fused-ring (bicyclic) bond motifs is 5. The molecule has 5 atom stereocenters. The molecule has 1 aromatic heterocycles. The van der Waals surface area contributed by atoms with Crippen LogP contribution < -0.4 is 0 Å². The van der Waals surface area contributed by atoms with Crippen LogP contribution in [0.5, 0.6) is 0 Å². The normalized spacial score (nSPS) is 41.1. The molecule has 1 aliphatic carbocycles. The van der Waals surface area contributed by atoms with Gasteiger partial charge in [-0.2, -0.15) is 0 Å². The van der Waals surface area contributed by atoms with Crippen LogP contribution in [0.25, 0.3) is 0 Å². The maximum atomic E-state index is 12.2. The van der Waals surface area contributed by atoms with Crippen molar-refractivity contribution in [2.45, 2.75) is 31.0 Å². The quantitative estimate of drug-likeness (QED) is 0.467. The van der Waals surface area contributed by atoms with Gasteiger partial charge >= 0.3 is 5.97 Å². The largest absolute Gasteiger partial charge is 0.465 e. The van der Waals surface area contributed by atoms with Gasteiger partial charge in [-0.25, -0.2) is 0 Å². The summed E-state index contributed by atoms with van der Waals surface area (Å²) >= 11 is 0. The van der Waals surface area contributed by atoms with E-state index in [0.29, 0.717) is 18.6 Å². The van der Waals surface area contributed by atoms with Crippen LogP contribution in [0.1, 0.15) is 19.0 Å². The average molecular weight is 256 g/mol. The zero-order valence-corrected chi connectivity index (χ0v) is 10.8. The monoisotopic (exact) mass is 256 g/mol. The van der Waals surface area contributed by atoms with Crippen LogP contribution in [0, 0.1) is 5.92 Å². The summed E-state index contributed by atoms with van der Waals surface area (Å²) in [5.41, 5.74) is 0.775. The van der Waals surface area contributed by atoms with Crippen LogP contribution in [0.3, 0.4) is 0 Å². The third kappa shape index (κ3) is 1.22. The number of rotatable bonds is 3. The molecule has 0 N–H and O–H groups in total. The fourth-order valence-electron chi connectivity index (χ4n) is 3.98. The van der Waals surface area contributed by atoms with Gasteiger partial charge in [-0.1, -0.05) is 18.2 Å². The number of piperidine rings is 1. The maximum Gasteiger partial charge on any atom is 0.325 e. The van der Waals surface area contributed by atoms with E-state index in [1.54, 1.807) is 6.20 Å². The Bertz CT molecular complexity index is 557. The fraction of sp³-hybridized carbons (Fsp3) is 0.467. The van der Waals surface area contributed by atoms with E-state index < -0.39 is 0 Å². The Balaban J connectivity index is 1.76. The minimum atomic E-state index is -0.229. The Hall–Kier alpha value is -1.68. The van der Waals surface area contributed by atoms with Crippen LogP contribution in [-0.2, 0) is 15.1 Å². The second-order valence-corrected chi connectivity index (χ2v) is 5.40. The van der Waals surface area contributed by atoms with Gasteiger partial charge in [0.05, 0.1) is 17.8 Å². The van der Waals surface area contributed by atoms with E-state index in [-0.39, 0.29) is 17.6 Å². The van der Waals surface area contributed by atoms with Crippen LogP contribution >= 0.6 is 0 Å². The van der Waals surface area contributed by atoms with E-state index in [9.17, 15) is 4.79 Å². The van der Waals surface area contributed by atoms with Gasteiger partial charge in [-0.15, -0.1) is 0 Å². The molecule has 2 bridgehead atoms. The van der Waals surface area contributed by atoms with Crippen molar-refractivity contribution in [2.24, 2.45) is 5.92 Å². The lowest BCUT2D eigenvalue weighted by molar-refractivity contribution is -0.144. The number of nitrogens with zero attached hydrogens (tertiary/aromatic N) is 2. The summed E-state index contributed by atoms with van der Waals surface area (Å²) in [6.07, 6.45) is 7.37. The van der Waals surface area contributed by atoms with E-state index in [1.807, 2.05) is 25.1 Å². The molecule has 19 heavy (non-hydrogen) atoms. The molecule has 4 rings (SSSR count). The number of aromatic nitrogens is 1. The summed E-state index contributed by atoms with van der Waals surface area (Å²) < 4.78 is 5.24. The topological polar surface area (TPSA) is 42.2 Å². The fourth-order valence-corrected chi connectivity index (χ4v) is 3.98. The zero-order chi connectivity index (χ0) is 13.0. The number of hydrogen-bond donors (Lipinski definition) is 0. The third-order valence-corrected chi connectivity index (χ3v) is 4.62. The molecule has 0 spiro atoms. The van der Waals surface area contributed by atoms with Crippen LogP contribution in [0.15, 0.2) is 36.5 Å². The zero-order valence-electron chi connectivity index (χ0n) is 10.8. The van der Waals surface area contributed by atoms with Crippen molar-refractivity contribution in [3.05, 3.63) is 42.2 Å². The third-order valence-electron chi connectivity index (χ3n) is 4.62. The van der Waals surface area contributed by atoms with Gasteiger partial charge in [0.25, 0.3) is 0 Å². The Morgan fingerprint density at radius 1 is 1.53 bits per heavy atom. The highest BCUT2D eigenvalue weighted by Gasteiger charge is 2.78. The molecular formula is C15H16N2O2. The molecule has 3 aliphatic rings. The van der Waals surface area contributed by atoms with E-state index in [4.69, 9.17) is 4.74 Å². The molecule has 98 valence electrons. The number of pyridine rings is 1. The van der Waals surface area contributed by atoms with Gasteiger partial charge in [-0.3, -0.25) is 14.7 Å². The SMILES string of the molecule is CCOC(=O)[C@@H]1N2[C@H]3C=C[C@H](C3)[C@@]12c1ccccn1. The molecule has 4 heteroatoms. The molecule has 4 nitrogen and oxygen atoms in total. The summed E-state index contributed by atoms with van der Waals surface area (Å²) in [6.45, 7) is 2.29. The van der Waals surface area contributed by atoms with Crippen LogP contribution in [0.4, 0.5) is 0 Å². The lowest BCUT2D eigenvalue weighted by Gasteiger charge is -2.19. The van der Waals surface area contributed by atoms with Crippen molar-refractivity contribution in [3.8, 4) is 0 Å². The Morgan fingerprint density at radius 2 is 2.42 bits per heavy atom. The van der Waals surface area contributed by atoms with Crippen LogP contribution in [-0.4, -0.2) is 34.5 Å². The van der Waals surface area contributed by atoms with Gasteiger partial charge in [0.1, 0.15) is 6.04 Å². The average Bonchev–Trinajstić information content (AvgIpc) is 2.79. The molecule has 0 aromatic carbocycles. The minimum Gasteiger partial charge on any atom is -0.465 e. The second-order valence-electron chi connectivity index (χ2n) is 5.40. The molecule has 0 radical (unpaired) electrons. The first kappa shape index (κ1) is 11.2. The smallest absolute Gasteiger partial charge is 0.325 e. The predicted molar refractivity (Wildman–Crippen MR) is 69.2 cm³/mol. The number of hydrogen-bond acceptors (Lipinski definition) is 4. The number of carbonyl (C=O) groups is 1. The van der Waals surface area contributed by atoms with Crippen molar-refractivity contribution in [3.63, 3.8) is 0 Å². The van der Waals surface area contributed by atoms with E-state index in [2.05, 4.69) is 22.0 Å². The summed E-state index contributed by atoms with van der Waals surface area (Å²) in [6, 6.07) is 6.16. The van der Waals surface area contributed by atoms with Gasteiger partial charge < -0.3 is 4.74 Å². The molecule has 3 heterocycles. The lowest BCUT2D eigenvalue weighted by atomic mass is 9.85. The number of carbonyl (C=O) groups excluding carboxylic acids is 1. The molecule has 2 fully saturated rings. The molecule has 1 unspecified atom stereocenters. The first-order valence-corrected chi connectivity index (χ1v) is 6.85. The molecule has 2 saturated heterocycles. The lowest BCUT2D eigenvalue weighted by Crippen LogP contribution is -2.27. The highest BCUT2D eigenvalue weighted by atomic mass is 16.5. The summed E-state index contributed by atoms with van der Waals surface area (Å²) in [5, 5.41) is 0. The van der Waals surface area contributed by atoms with Gasteiger partial charge in [-0.05, 0) is 25.5 Å². The first-order valence-electron chi connectivity index (χ1n) is 6.85. The molecule has 2 aliphatic heterocycles. The molecular weight excluding hydrogens is 240 g/mol. The standard InChI is InChI=1S/C15H16N2O2/c1-2-19-14(18)13-15(12-5-3-4-8-16-12)10-6-7-11(9-10)17(13)15/h3-8,10-11,13H,2,9H2,1H3/t10-,11+,13+,15-,17?/m1/s1. The van der Waals surface area contributed by atoms with Crippen molar-refractivity contribution in [1.82, 2.24) is 9.88 Å². The number of esters is 1. The van der Waals surface area contributed by atoms with Gasteiger partial charge in [0.15, 0.2) is 0 Å². The Morgan fingerprint density at radius 3 is 3.16 bits per heavy atom. The minimum absolute atomic E-state index is 0.105. The Kier molecular flexibility index (Phi) is 2.16. The van der Waals surface area contributed by atoms with E-state index in [0.717, 1.165) is 12.1 Å². The summed E-state index contributed by atoms with van der Waals surface area (Å²) in [4.78, 5) is 19.0. The first-order chi connectivity index (χ1) is 9.30. The van der Waals surface area contributed by atoms with Crippen molar-refractivity contribution < 1.29 is 9.53 Å². The predicted octanol–water partition coefficient (Wildman–Crippen LogP) is 1.48. The molecule has 0 saturated carbocycles. The van der Waals surface area contributed by atoms with Crippen molar-refractivity contribution >= 4 is 5.97 Å². The van der Waals surface area contributed by atoms with E-state index in [1.165, 1.54) is 0 Å². The van der Waals surface area contributed by atoms with E-state index >= 15 is 0 Å². The summed E-state index contributed by atoms with van der Waals surface area (Å²) in [5.74, 6) is 0.286. The van der Waals surface area contributed by atoms with Crippen molar-refractivity contribution in [2.75, 3.05) is 6.61 Å². The summed E-state index contributed by atoms with van der Waals surface area (Å²) in [7, 11) is 0. The molecule has 1 aromatic rings. The van der Waals surface area contributed by atoms with Gasteiger partial charge in [0.2, 0.25) is 0 Å². The second kappa shape index (κ2) is 3.67. The highest BCUT2D eigenvalue weighted by molar-refractivity contribution is 5.84. The highest BCUT2D eigenvalue weighted by Crippen LogP contribution is 2.65. The number of ether oxygens (including phenoxy) is 1. The van der Waals surface area contributed by atoms with Crippen LogP contribution in [0.2, 0.25) is 0 Å². The van der Waals surface area contributed by atoms with Crippen molar-refractivity contribution in [1.29, 1.82) is 0 Å². The Labute approximate surface area is 112 Å².